The molecule has 1 saturated heterocycles. The third-order valence-corrected chi connectivity index (χ3v) is 7.50. The van der Waals surface area contributed by atoms with Crippen LogP contribution in [0.3, 0.4) is 0 Å². The number of aliphatic hydroxyl groups is 2. The molecule has 0 saturated carbocycles. The van der Waals surface area contributed by atoms with Gasteiger partial charge in [0.2, 0.25) is 0 Å². The molecule has 4 atom stereocenters. The second kappa shape index (κ2) is 11.3. The Bertz CT molecular complexity index is 1530. The van der Waals surface area contributed by atoms with Crippen LogP contribution in [-0.2, 0) is 15.1 Å². The van der Waals surface area contributed by atoms with Crippen molar-refractivity contribution in [1.29, 1.82) is 0 Å². The SMILES string of the molecule is COc1ccc(C(OCC2OC(n3ccc(=O)[nH]c3=O)C(C)(O)C2O)(c2ccccc2)c2ccc(OC)cc2)cc1. The highest BCUT2D eigenvalue weighted by atomic mass is 16.6. The van der Waals surface area contributed by atoms with E-state index in [2.05, 4.69) is 4.98 Å². The van der Waals surface area contributed by atoms with Gasteiger partial charge in [-0.25, -0.2) is 4.79 Å². The highest BCUT2D eigenvalue weighted by Crippen LogP contribution is 2.44. The summed E-state index contributed by atoms with van der Waals surface area (Å²) in [7, 11) is 3.18. The van der Waals surface area contributed by atoms with E-state index in [0.717, 1.165) is 27.3 Å². The number of ether oxygens (including phenoxy) is 4. The molecule has 0 bridgehead atoms. The summed E-state index contributed by atoms with van der Waals surface area (Å²) in [6.07, 6.45) is -2.51. The number of nitrogens with one attached hydrogen (secondary N) is 1. The van der Waals surface area contributed by atoms with Gasteiger partial charge in [0.1, 0.15) is 34.9 Å². The Labute approximate surface area is 236 Å². The zero-order chi connectivity index (χ0) is 29.2. The van der Waals surface area contributed by atoms with Crippen LogP contribution in [-0.4, -0.2) is 58.4 Å². The van der Waals surface area contributed by atoms with E-state index < -0.39 is 40.9 Å². The summed E-state index contributed by atoms with van der Waals surface area (Å²) in [5, 5.41) is 22.4. The van der Waals surface area contributed by atoms with Crippen molar-refractivity contribution in [2.75, 3.05) is 20.8 Å². The van der Waals surface area contributed by atoms with Crippen LogP contribution in [0, 0.1) is 0 Å². The molecule has 214 valence electrons. The maximum absolute atomic E-state index is 12.5. The summed E-state index contributed by atoms with van der Waals surface area (Å²) in [6.45, 7) is 1.20. The molecule has 1 aliphatic rings. The standard InChI is InChI=1S/C31H32N2O8/c1-30(37)27(35)25(41-28(30)33-18-17-26(34)32-29(33)36)19-40-31(20-7-5-4-6-8-20,21-9-13-23(38-2)14-10-21)22-11-15-24(39-3)16-12-22/h4-18,25,27-28,35,37H,19H2,1-3H3,(H,32,34,36). The summed E-state index contributed by atoms with van der Waals surface area (Å²) in [5.41, 5.74) is -2.04. The molecule has 4 aromatic rings. The Morgan fingerprint density at radius 1 is 0.878 bits per heavy atom. The van der Waals surface area contributed by atoms with Crippen LogP contribution >= 0.6 is 0 Å². The molecule has 2 heterocycles. The molecule has 1 fully saturated rings. The minimum Gasteiger partial charge on any atom is -0.497 e. The third kappa shape index (κ3) is 5.18. The quantitative estimate of drug-likeness (QED) is 0.266. The molecule has 0 aliphatic carbocycles. The van der Waals surface area contributed by atoms with Crippen molar-refractivity contribution in [3.63, 3.8) is 0 Å². The molecule has 0 spiro atoms. The highest BCUT2D eigenvalue weighted by Gasteiger charge is 2.54. The largest absolute Gasteiger partial charge is 0.497 e. The summed E-state index contributed by atoms with van der Waals surface area (Å²) in [6, 6.07) is 25.7. The van der Waals surface area contributed by atoms with Gasteiger partial charge >= 0.3 is 5.69 Å². The van der Waals surface area contributed by atoms with Crippen LogP contribution in [0.15, 0.2) is 101 Å². The molecule has 4 unspecified atom stereocenters. The lowest BCUT2D eigenvalue weighted by Gasteiger charge is -2.37. The number of H-pyrrole nitrogens is 1. The van der Waals surface area contributed by atoms with E-state index in [1.165, 1.54) is 13.1 Å². The Hall–Kier alpha value is -4.22. The molecule has 3 N–H and O–H groups in total. The first-order chi connectivity index (χ1) is 19.7. The van der Waals surface area contributed by atoms with Gasteiger partial charge in [-0.15, -0.1) is 0 Å². The van der Waals surface area contributed by atoms with Gasteiger partial charge in [-0.1, -0.05) is 54.6 Å². The predicted molar refractivity (Wildman–Crippen MR) is 150 cm³/mol. The minimum absolute atomic E-state index is 0.168. The van der Waals surface area contributed by atoms with E-state index in [0.29, 0.717) is 11.5 Å². The average molecular weight is 561 g/mol. The van der Waals surface area contributed by atoms with Crippen LogP contribution in [0.5, 0.6) is 11.5 Å². The number of nitrogens with zero attached hydrogens (tertiary/aromatic N) is 1. The average Bonchev–Trinajstić information content (AvgIpc) is 3.22. The molecule has 10 heteroatoms. The minimum atomic E-state index is -1.87. The molecule has 1 aromatic heterocycles. The molecule has 1 aliphatic heterocycles. The van der Waals surface area contributed by atoms with Gasteiger partial charge in [0.15, 0.2) is 6.23 Å². The lowest BCUT2D eigenvalue weighted by molar-refractivity contribution is -0.107. The van der Waals surface area contributed by atoms with Gasteiger partial charge in [0.05, 0.1) is 20.8 Å². The van der Waals surface area contributed by atoms with Gasteiger partial charge < -0.3 is 29.2 Å². The van der Waals surface area contributed by atoms with E-state index in [-0.39, 0.29) is 6.61 Å². The highest BCUT2D eigenvalue weighted by molar-refractivity contribution is 5.49. The van der Waals surface area contributed by atoms with Crippen molar-refractivity contribution >= 4 is 0 Å². The smallest absolute Gasteiger partial charge is 0.330 e. The van der Waals surface area contributed by atoms with Gasteiger partial charge in [0.25, 0.3) is 5.56 Å². The number of methoxy groups -OCH3 is 2. The molecule has 3 aromatic carbocycles. The molecule has 0 amide bonds. The maximum Gasteiger partial charge on any atom is 0.330 e. The van der Waals surface area contributed by atoms with E-state index >= 15 is 0 Å². The topological polar surface area (TPSA) is 132 Å². The Morgan fingerprint density at radius 3 is 1.93 bits per heavy atom. The molecule has 0 radical (unpaired) electrons. The van der Waals surface area contributed by atoms with Crippen molar-refractivity contribution in [2.24, 2.45) is 0 Å². The molecule has 5 rings (SSSR count). The molecule has 10 nitrogen and oxygen atoms in total. The van der Waals surface area contributed by atoms with Crippen LogP contribution in [0.25, 0.3) is 0 Å². The van der Waals surface area contributed by atoms with Gasteiger partial charge in [-0.2, -0.15) is 0 Å². The fourth-order valence-corrected chi connectivity index (χ4v) is 5.27. The van der Waals surface area contributed by atoms with Crippen LogP contribution < -0.4 is 20.7 Å². The van der Waals surface area contributed by atoms with Crippen molar-refractivity contribution in [1.82, 2.24) is 9.55 Å². The molecule has 41 heavy (non-hydrogen) atoms. The van der Waals surface area contributed by atoms with Gasteiger partial charge in [-0.05, 0) is 47.9 Å². The second-order valence-electron chi connectivity index (χ2n) is 10.0. The van der Waals surface area contributed by atoms with Crippen LogP contribution in [0.1, 0.15) is 29.8 Å². The van der Waals surface area contributed by atoms with Crippen LogP contribution in [0.2, 0.25) is 0 Å². The van der Waals surface area contributed by atoms with E-state index in [4.69, 9.17) is 18.9 Å². The second-order valence-corrected chi connectivity index (χ2v) is 10.0. The lowest BCUT2D eigenvalue weighted by atomic mass is 9.80. The zero-order valence-electron chi connectivity index (χ0n) is 22.9. The monoisotopic (exact) mass is 560 g/mol. The first-order valence-corrected chi connectivity index (χ1v) is 13.1. The number of hydrogen-bond donors (Lipinski definition) is 3. The van der Waals surface area contributed by atoms with Crippen molar-refractivity contribution in [3.05, 3.63) is 129 Å². The maximum atomic E-state index is 12.5. The summed E-state index contributed by atoms with van der Waals surface area (Å²) < 4.78 is 24.7. The first kappa shape index (κ1) is 28.3. The number of benzene rings is 3. The normalized spacial score (nSPS) is 22.4. The van der Waals surface area contributed by atoms with Crippen molar-refractivity contribution in [2.45, 2.75) is 36.6 Å². The number of aromatic amines is 1. The summed E-state index contributed by atoms with van der Waals surface area (Å²) >= 11 is 0. The van der Waals surface area contributed by atoms with E-state index in [1.807, 2.05) is 78.9 Å². The van der Waals surface area contributed by atoms with E-state index in [1.54, 1.807) is 14.2 Å². The summed E-state index contributed by atoms with van der Waals surface area (Å²) in [5.74, 6) is 1.34. The first-order valence-electron chi connectivity index (χ1n) is 13.1. The van der Waals surface area contributed by atoms with Crippen molar-refractivity contribution < 1.29 is 29.2 Å². The number of aliphatic hydroxyl groups excluding tert-OH is 1. The predicted octanol–water partition coefficient (Wildman–Crippen LogP) is 2.57. The number of hydrogen-bond acceptors (Lipinski definition) is 8. The Kier molecular flexibility index (Phi) is 7.83. The fraction of sp³-hybridized carbons (Fsp3) is 0.290. The third-order valence-electron chi connectivity index (χ3n) is 7.50. The van der Waals surface area contributed by atoms with E-state index in [9.17, 15) is 19.8 Å². The van der Waals surface area contributed by atoms with Gasteiger partial charge in [-0.3, -0.25) is 14.3 Å². The fourth-order valence-electron chi connectivity index (χ4n) is 5.27. The van der Waals surface area contributed by atoms with Crippen molar-refractivity contribution in [3.8, 4) is 11.5 Å². The molecular weight excluding hydrogens is 528 g/mol. The number of aromatic nitrogens is 2. The molecular formula is C31H32N2O8. The van der Waals surface area contributed by atoms with Crippen LogP contribution in [0.4, 0.5) is 0 Å². The number of rotatable bonds is 9. The Balaban J connectivity index is 1.58. The lowest BCUT2D eigenvalue weighted by Crippen LogP contribution is -2.47. The Morgan fingerprint density at radius 2 is 1.41 bits per heavy atom. The van der Waals surface area contributed by atoms with Gasteiger partial charge in [0, 0.05) is 12.3 Å². The zero-order valence-corrected chi connectivity index (χ0v) is 22.9. The summed E-state index contributed by atoms with van der Waals surface area (Å²) in [4.78, 5) is 26.2.